The highest BCUT2D eigenvalue weighted by Gasteiger charge is 2.87. The van der Waals surface area contributed by atoms with Crippen LogP contribution in [0.25, 0.3) is 0 Å². The molecule has 13 heteroatoms. The molecule has 1 heterocycles. The minimum absolute atomic E-state index is 0.267. The van der Waals surface area contributed by atoms with Crippen LogP contribution in [0, 0.1) is 11.8 Å². The first-order valence-corrected chi connectivity index (χ1v) is 8.42. The van der Waals surface area contributed by atoms with E-state index in [0.717, 1.165) is 0 Å². The number of carbonyl (C=O) groups is 4. The molecule has 1 saturated carbocycles. The van der Waals surface area contributed by atoms with Crippen molar-refractivity contribution in [2.75, 3.05) is 0 Å². The Hall–Kier alpha value is -0.440. The summed E-state index contributed by atoms with van der Waals surface area (Å²) in [5, 5.41) is -0.244. The summed E-state index contributed by atoms with van der Waals surface area (Å²) < 4.78 is -2.07. The third-order valence-corrected chi connectivity index (χ3v) is 8.60. The van der Waals surface area contributed by atoms with Gasteiger partial charge in [-0.05, 0) is 0 Å². The van der Waals surface area contributed by atoms with Gasteiger partial charge in [-0.3, -0.25) is 19.2 Å². The number of fused-ring (bicyclic) bond motifs is 5. The van der Waals surface area contributed by atoms with E-state index in [9.17, 15) is 19.2 Å². The number of halogens is 6. The Morgan fingerprint density at radius 1 is 0.958 bits per heavy atom. The predicted octanol–water partition coefficient (Wildman–Crippen LogP) is 0.950. The summed E-state index contributed by atoms with van der Waals surface area (Å²) >= 11 is 37.5. The number of carbonyl (C=O) groups excluding carboxylic acids is 4. The van der Waals surface area contributed by atoms with E-state index >= 15 is 0 Å². The molecule has 3 rings (SSSR count). The van der Waals surface area contributed by atoms with Crippen LogP contribution < -0.4 is 11.2 Å². The van der Waals surface area contributed by atoms with Crippen molar-refractivity contribution in [1.82, 2.24) is 10.4 Å². The Kier molecular flexibility index (Phi) is 3.86. The van der Waals surface area contributed by atoms with E-state index in [1.807, 2.05) is 0 Å². The van der Waals surface area contributed by atoms with Gasteiger partial charge in [-0.1, -0.05) is 46.4 Å². The summed E-state index contributed by atoms with van der Waals surface area (Å²) in [6, 6.07) is 0. The predicted molar refractivity (Wildman–Crippen MR) is 86.5 cm³/mol. The van der Waals surface area contributed by atoms with Crippen LogP contribution in [0.5, 0.6) is 0 Å². The van der Waals surface area contributed by atoms with Gasteiger partial charge in [-0.2, -0.15) is 5.01 Å². The summed E-state index contributed by atoms with van der Waals surface area (Å²) in [7, 11) is 0. The van der Waals surface area contributed by atoms with Crippen LogP contribution >= 0.6 is 69.6 Å². The van der Waals surface area contributed by atoms with Crippen LogP contribution in [0.4, 0.5) is 0 Å². The van der Waals surface area contributed by atoms with Crippen LogP contribution in [0.1, 0.15) is 0 Å². The maximum absolute atomic E-state index is 12.6. The number of nitrogens with one attached hydrogen (secondary N) is 1. The molecule has 4 atom stereocenters. The molecule has 130 valence electrons. The average Bonchev–Trinajstić information content (AvgIpc) is 2.86. The van der Waals surface area contributed by atoms with E-state index in [1.165, 1.54) is 0 Å². The van der Waals surface area contributed by atoms with Gasteiger partial charge in [0.1, 0.15) is 9.75 Å². The van der Waals surface area contributed by atoms with Crippen molar-refractivity contribution in [2.24, 2.45) is 17.6 Å². The number of hydrazine groups is 1. The summed E-state index contributed by atoms with van der Waals surface area (Å²) in [6.07, 6.45) is 0. The van der Waals surface area contributed by atoms with E-state index in [1.54, 1.807) is 5.43 Å². The number of hydrogen-bond donors (Lipinski definition) is 2. The van der Waals surface area contributed by atoms with Gasteiger partial charge in [0.15, 0.2) is 4.33 Å². The minimum Gasteiger partial charge on any atom is -0.361 e. The smallest absolute Gasteiger partial charge is 0.328 e. The van der Waals surface area contributed by atoms with Crippen molar-refractivity contribution < 1.29 is 19.2 Å². The third-order valence-electron chi connectivity index (χ3n) is 4.35. The Morgan fingerprint density at radius 2 is 1.33 bits per heavy atom. The zero-order chi connectivity index (χ0) is 18.4. The lowest BCUT2D eigenvalue weighted by Crippen LogP contribution is -2.55. The number of rotatable bonds is 1. The van der Waals surface area contributed by atoms with Crippen LogP contribution in [0.3, 0.4) is 0 Å². The van der Waals surface area contributed by atoms with Gasteiger partial charge >= 0.3 is 11.8 Å². The lowest BCUT2D eigenvalue weighted by Gasteiger charge is -2.34. The summed E-state index contributed by atoms with van der Waals surface area (Å²) in [5.41, 5.74) is 6.56. The van der Waals surface area contributed by atoms with Gasteiger partial charge in [0, 0.05) is 0 Å². The second-order valence-corrected chi connectivity index (χ2v) is 8.67. The van der Waals surface area contributed by atoms with E-state index in [0.29, 0.717) is 5.01 Å². The fourth-order valence-electron chi connectivity index (χ4n) is 3.26. The fourth-order valence-corrected chi connectivity index (χ4v) is 6.19. The van der Waals surface area contributed by atoms with Gasteiger partial charge < -0.3 is 5.73 Å². The molecule has 0 aromatic carbocycles. The maximum atomic E-state index is 12.6. The monoisotopic (exact) mass is 453 g/mol. The van der Waals surface area contributed by atoms with Gasteiger partial charge in [-0.15, -0.1) is 23.2 Å². The molecule has 1 aliphatic heterocycles. The number of allylic oxidation sites excluding steroid dienone is 2. The summed E-state index contributed by atoms with van der Waals surface area (Å²) in [4.78, 5) is 43.4. The molecule has 7 nitrogen and oxygen atoms in total. The highest BCUT2D eigenvalue weighted by atomic mass is 35.5. The minimum atomic E-state index is -2.07. The molecular formula is C11H5Cl6N3O4. The lowest BCUT2D eigenvalue weighted by molar-refractivity contribution is -0.151. The first-order chi connectivity index (χ1) is 10.8. The van der Waals surface area contributed by atoms with Crippen molar-refractivity contribution in [3.63, 3.8) is 0 Å². The van der Waals surface area contributed by atoms with E-state index < -0.39 is 49.5 Å². The molecular weight excluding hydrogens is 451 g/mol. The molecule has 1 saturated heterocycles. The highest BCUT2D eigenvalue weighted by molar-refractivity contribution is 6.66. The van der Waals surface area contributed by atoms with Crippen molar-refractivity contribution in [1.29, 1.82) is 0 Å². The van der Waals surface area contributed by atoms with Crippen molar-refractivity contribution in [3.8, 4) is 0 Å². The molecule has 0 aromatic rings. The standard InChI is InChI=1S/C11H5Cl6N3O4/c12-3-4(13)10(15)2-1(9(3,14)11(10,16)17)7(23)20(8(2)24)19-6(22)5(18)21/h1-2H,(H2,18,21)(H,19,22). The largest absolute Gasteiger partial charge is 0.361 e. The van der Waals surface area contributed by atoms with Crippen LogP contribution in [-0.4, -0.2) is 42.7 Å². The number of alkyl halides is 4. The molecule has 0 aromatic heterocycles. The molecule has 24 heavy (non-hydrogen) atoms. The van der Waals surface area contributed by atoms with E-state index in [2.05, 4.69) is 0 Å². The molecule has 2 fully saturated rings. The number of nitrogens with zero attached hydrogens (tertiary/aromatic N) is 1. The Labute approximate surface area is 164 Å². The highest BCUT2D eigenvalue weighted by Crippen LogP contribution is 2.77. The number of hydrogen-bond acceptors (Lipinski definition) is 4. The molecule has 3 N–H and O–H groups in total. The first-order valence-electron chi connectivity index (χ1n) is 6.15. The van der Waals surface area contributed by atoms with Crippen LogP contribution in [0.2, 0.25) is 0 Å². The normalized spacial score (nSPS) is 39.5. The number of nitrogens with two attached hydrogens (primary N) is 1. The molecule has 4 unspecified atom stereocenters. The number of amides is 4. The molecule has 4 amide bonds. The topological polar surface area (TPSA) is 110 Å². The molecule has 3 aliphatic rings. The van der Waals surface area contributed by atoms with E-state index in [-0.39, 0.29) is 10.1 Å². The zero-order valence-corrected chi connectivity index (χ0v) is 15.6. The second-order valence-electron chi connectivity index (χ2n) is 5.40. The first kappa shape index (κ1) is 18.4. The van der Waals surface area contributed by atoms with Gasteiger partial charge in [-0.25, -0.2) is 5.43 Å². The SMILES string of the molecule is NC(=O)C(=O)NN1C(=O)C2C(C1=O)C1(Cl)C(Cl)=C(Cl)C2(Cl)C1(Cl)Cl. The fraction of sp³-hybridized carbons (Fsp3) is 0.455. The quantitative estimate of drug-likeness (QED) is 0.348. The molecule has 0 radical (unpaired) electrons. The van der Waals surface area contributed by atoms with Crippen LogP contribution in [0.15, 0.2) is 10.1 Å². The lowest BCUT2D eigenvalue weighted by atomic mass is 9.84. The van der Waals surface area contributed by atoms with E-state index in [4.69, 9.17) is 75.3 Å². The van der Waals surface area contributed by atoms with Crippen LogP contribution in [-0.2, 0) is 19.2 Å². The molecule has 2 aliphatic carbocycles. The Balaban J connectivity index is 2.12. The second kappa shape index (κ2) is 5.05. The summed E-state index contributed by atoms with van der Waals surface area (Å²) in [5.74, 6) is -7.58. The van der Waals surface area contributed by atoms with Gasteiger partial charge in [0.25, 0.3) is 11.8 Å². The van der Waals surface area contributed by atoms with Gasteiger partial charge in [0.05, 0.1) is 21.9 Å². The average molecular weight is 456 g/mol. The Morgan fingerprint density at radius 3 is 1.67 bits per heavy atom. The molecule has 2 bridgehead atoms. The van der Waals surface area contributed by atoms with Crippen molar-refractivity contribution >= 4 is 93.2 Å². The molecule has 0 spiro atoms. The zero-order valence-electron chi connectivity index (χ0n) is 11.1. The van der Waals surface area contributed by atoms with Crippen molar-refractivity contribution in [2.45, 2.75) is 14.1 Å². The third kappa shape index (κ3) is 1.68. The van der Waals surface area contributed by atoms with Gasteiger partial charge in [0.2, 0.25) is 0 Å². The van der Waals surface area contributed by atoms with Crippen molar-refractivity contribution in [3.05, 3.63) is 10.1 Å². The summed E-state index contributed by atoms with van der Waals surface area (Å²) in [6.45, 7) is 0. The maximum Gasteiger partial charge on any atom is 0.328 e. The Bertz CT molecular complexity index is 723. The number of imide groups is 1. The number of primary amides is 1.